The summed E-state index contributed by atoms with van der Waals surface area (Å²) in [4.78, 5) is 17.3. The number of hydrogen-bond acceptors (Lipinski definition) is 3. The zero-order valence-electron chi connectivity index (χ0n) is 19.0. The maximum absolute atomic E-state index is 12.9. The number of carbonyl (C=O) groups is 1. The molecule has 0 unspecified atom stereocenters. The van der Waals surface area contributed by atoms with Crippen LogP contribution in [0.5, 0.6) is 0 Å². The number of hydrogen-bond donors (Lipinski definition) is 0. The van der Waals surface area contributed by atoms with Crippen LogP contribution in [0.1, 0.15) is 35.3 Å². The molecule has 0 aromatic heterocycles. The van der Waals surface area contributed by atoms with Gasteiger partial charge in [0, 0.05) is 28.7 Å². The van der Waals surface area contributed by atoms with Crippen molar-refractivity contribution < 1.29 is 4.79 Å². The van der Waals surface area contributed by atoms with Crippen LogP contribution >= 0.6 is 23.2 Å². The quantitative estimate of drug-likeness (QED) is 0.223. The van der Waals surface area contributed by atoms with Crippen LogP contribution in [0.25, 0.3) is 0 Å². The first kappa shape index (κ1) is 25.1. The van der Waals surface area contributed by atoms with Crippen molar-refractivity contribution in [3.8, 4) is 0 Å². The number of halogens is 2. The summed E-state index contributed by atoms with van der Waals surface area (Å²) < 4.78 is 0. The molecule has 174 valence electrons. The Labute approximate surface area is 209 Å². The molecular formula is C26H25Cl2N5O. The largest absolute Gasteiger partial charge is 0.280 e. The maximum atomic E-state index is 12.9. The fraction of sp³-hybridized carbons (Fsp3) is 0.154. The lowest BCUT2D eigenvalue weighted by Crippen LogP contribution is -2.40. The van der Waals surface area contributed by atoms with E-state index in [1.54, 1.807) is 71.0 Å². The molecule has 0 aliphatic rings. The van der Waals surface area contributed by atoms with Crippen LogP contribution in [-0.2, 0) is 0 Å². The summed E-state index contributed by atoms with van der Waals surface area (Å²) in [5.74, 6) is -0.0647. The van der Waals surface area contributed by atoms with Crippen LogP contribution in [-0.4, -0.2) is 47.4 Å². The van der Waals surface area contributed by atoms with Gasteiger partial charge in [-0.05, 0) is 61.4 Å². The summed E-state index contributed by atoms with van der Waals surface area (Å²) in [5, 5.41) is 13.7. The van der Waals surface area contributed by atoms with Crippen molar-refractivity contribution in [1.29, 1.82) is 0 Å². The Kier molecular flexibility index (Phi) is 9.38. The number of guanidine groups is 1. The Bertz CT molecular complexity index is 1090. The highest BCUT2D eigenvalue weighted by Crippen LogP contribution is 2.11. The van der Waals surface area contributed by atoms with Crippen LogP contribution in [0.2, 0.25) is 10.0 Å². The number of carbonyl (C=O) groups excluding carboxylic acids is 1. The van der Waals surface area contributed by atoms with Crippen LogP contribution in [0.4, 0.5) is 0 Å². The Morgan fingerprint density at radius 3 is 1.59 bits per heavy atom. The first-order valence-corrected chi connectivity index (χ1v) is 11.6. The predicted molar refractivity (Wildman–Crippen MR) is 141 cm³/mol. The minimum Gasteiger partial charge on any atom is -0.267 e. The van der Waals surface area contributed by atoms with Gasteiger partial charge < -0.3 is 0 Å². The molecule has 0 saturated carbocycles. The lowest BCUT2D eigenvalue weighted by atomic mass is 10.2. The van der Waals surface area contributed by atoms with Gasteiger partial charge >= 0.3 is 0 Å². The molecule has 0 radical (unpaired) electrons. The van der Waals surface area contributed by atoms with E-state index >= 15 is 0 Å². The lowest BCUT2D eigenvalue weighted by Gasteiger charge is -2.26. The van der Waals surface area contributed by atoms with Gasteiger partial charge in [0.05, 0.1) is 12.4 Å². The van der Waals surface area contributed by atoms with Crippen molar-refractivity contribution in [2.24, 2.45) is 15.2 Å². The molecule has 6 nitrogen and oxygen atoms in total. The number of benzene rings is 3. The van der Waals surface area contributed by atoms with Crippen LogP contribution in [0, 0.1) is 0 Å². The van der Waals surface area contributed by atoms with Gasteiger partial charge in [-0.15, -0.1) is 0 Å². The highest BCUT2D eigenvalue weighted by molar-refractivity contribution is 6.30. The van der Waals surface area contributed by atoms with Gasteiger partial charge in [0.2, 0.25) is 5.96 Å². The Balaban J connectivity index is 1.96. The number of hydrazone groups is 2. The summed E-state index contributed by atoms with van der Waals surface area (Å²) in [6.07, 6.45) is 3.39. The third kappa shape index (κ3) is 7.27. The lowest BCUT2D eigenvalue weighted by molar-refractivity contribution is 0.0998. The van der Waals surface area contributed by atoms with Crippen LogP contribution in [0.3, 0.4) is 0 Å². The van der Waals surface area contributed by atoms with Crippen molar-refractivity contribution in [3.63, 3.8) is 0 Å². The third-order valence-corrected chi connectivity index (χ3v) is 5.22. The molecule has 3 aromatic rings. The zero-order chi connectivity index (χ0) is 24.3. The predicted octanol–water partition coefficient (Wildman–Crippen LogP) is 6.20. The Morgan fingerprint density at radius 1 is 0.735 bits per heavy atom. The van der Waals surface area contributed by atoms with Crippen molar-refractivity contribution in [2.45, 2.75) is 13.8 Å². The molecule has 34 heavy (non-hydrogen) atoms. The van der Waals surface area contributed by atoms with E-state index in [1.165, 1.54) is 0 Å². The molecule has 0 aliphatic heterocycles. The van der Waals surface area contributed by atoms with E-state index in [2.05, 4.69) is 15.2 Å². The average Bonchev–Trinajstić information content (AvgIpc) is 2.87. The molecule has 0 fully saturated rings. The van der Waals surface area contributed by atoms with Crippen molar-refractivity contribution in [1.82, 2.24) is 10.0 Å². The molecule has 1 amide bonds. The zero-order valence-corrected chi connectivity index (χ0v) is 20.5. The van der Waals surface area contributed by atoms with Gasteiger partial charge in [-0.3, -0.25) is 4.79 Å². The minimum atomic E-state index is -0.379. The first-order chi connectivity index (χ1) is 16.5. The second-order valence-corrected chi connectivity index (χ2v) is 7.98. The molecule has 0 aliphatic carbocycles. The molecule has 3 aromatic carbocycles. The first-order valence-electron chi connectivity index (χ1n) is 10.8. The summed E-state index contributed by atoms with van der Waals surface area (Å²) in [6.45, 7) is 4.80. The second kappa shape index (κ2) is 12.7. The van der Waals surface area contributed by atoms with Crippen molar-refractivity contribution in [2.75, 3.05) is 13.1 Å². The normalized spacial score (nSPS) is 11.1. The van der Waals surface area contributed by atoms with Crippen LogP contribution < -0.4 is 0 Å². The van der Waals surface area contributed by atoms with E-state index < -0.39 is 0 Å². The molecule has 0 heterocycles. The van der Waals surface area contributed by atoms with Gasteiger partial charge in [-0.1, -0.05) is 65.7 Å². The minimum absolute atomic E-state index is 0.314. The molecule has 8 heteroatoms. The Hall–Kier alpha value is -3.48. The number of amides is 1. The molecule has 0 N–H and O–H groups in total. The fourth-order valence-corrected chi connectivity index (χ4v) is 3.16. The van der Waals surface area contributed by atoms with E-state index in [-0.39, 0.29) is 5.91 Å². The van der Waals surface area contributed by atoms with Gasteiger partial charge in [-0.2, -0.15) is 15.2 Å². The molecule has 0 bridgehead atoms. The topological polar surface area (TPSA) is 60.6 Å². The number of nitrogens with zero attached hydrogens (tertiary/aromatic N) is 5. The van der Waals surface area contributed by atoms with Crippen LogP contribution in [0.15, 0.2) is 94.1 Å². The third-order valence-electron chi connectivity index (χ3n) is 4.72. The molecule has 0 atom stereocenters. The summed E-state index contributed by atoms with van der Waals surface area (Å²) >= 11 is 12.0. The van der Waals surface area contributed by atoms with E-state index in [1.807, 2.05) is 44.2 Å². The fourth-order valence-electron chi connectivity index (χ4n) is 2.90. The monoisotopic (exact) mass is 493 g/mol. The standard InChI is InChI=1S/C26H25Cl2N5O/c1-3-32(29-18-20-10-14-23(27)15-11-20)26(31-25(34)22-8-6-5-7-9-22)33(4-2)30-19-21-12-16-24(28)17-13-21/h5-19H,3-4H2,1-2H3/b29-18+,30-19+. The average molecular weight is 494 g/mol. The molecule has 0 saturated heterocycles. The SMILES string of the molecule is CCN(/N=C/c1ccc(Cl)cc1)C(=NC(=O)c1ccccc1)N(CC)/N=C/c1ccc(Cl)cc1. The van der Waals surface area contributed by atoms with E-state index in [0.717, 1.165) is 11.1 Å². The summed E-state index contributed by atoms with van der Waals surface area (Å²) in [6, 6.07) is 23.5. The highest BCUT2D eigenvalue weighted by Gasteiger charge is 2.18. The highest BCUT2D eigenvalue weighted by atomic mass is 35.5. The van der Waals surface area contributed by atoms with Gasteiger partial charge in [0.25, 0.3) is 5.91 Å². The molecular weight excluding hydrogens is 469 g/mol. The smallest absolute Gasteiger partial charge is 0.267 e. The van der Waals surface area contributed by atoms with E-state index in [0.29, 0.717) is 34.7 Å². The molecule has 3 rings (SSSR count). The van der Waals surface area contributed by atoms with Gasteiger partial charge in [0.15, 0.2) is 0 Å². The number of rotatable bonds is 7. The number of aliphatic imine (C=N–C) groups is 1. The summed E-state index contributed by atoms with van der Waals surface area (Å²) in [7, 11) is 0. The van der Waals surface area contributed by atoms with Crippen molar-refractivity contribution >= 4 is 47.5 Å². The second-order valence-electron chi connectivity index (χ2n) is 7.11. The van der Waals surface area contributed by atoms with E-state index in [9.17, 15) is 4.79 Å². The van der Waals surface area contributed by atoms with Gasteiger partial charge in [-0.25, -0.2) is 10.0 Å². The maximum Gasteiger partial charge on any atom is 0.280 e. The molecule has 0 spiro atoms. The summed E-state index contributed by atoms with van der Waals surface area (Å²) in [5.41, 5.74) is 2.21. The Morgan fingerprint density at radius 2 is 1.18 bits per heavy atom. The van der Waals surface area contributed by atoms with E-state index in [4.69, 9.17) is 23.2 Å². The van der Waals surface area contributed by atoms with Gasteiger partial charge in [0.1, 0.15) is 0 Å². The van der Waals surface area contributed by atoms with Crippen molar-refractivity contribution in [3.05, 3.63) is 106 Å².